The van der Waals surface area contributed by atoms with E-state index in [1.165, 1.54) is 10.5 Å². The highest BCUT2D eigenvalue weighted by molar-refractivity contribution is 7.98. The molecule has 2 heterocycles. The summed E-state index contributed by atoms with van der Waals surface area (Å²) in [5.74, 6) is 0.964. The average molecular weight is 327 g/mol. The van der Waals surface area contributed by atoms with Crippen LogP contribution in [-0.2, 0) is 10.5 Å². The molecular formula is C18H21N3OS. The van der Waals surface area contributed by atoms with Crippen molar-refractivity contribution in [2.24, 2.45) is 0 Å². The number of aromatic nitrogens is 1. The third-order valence-corrected chi connectivity index (χ3v) is 4.96. The van der Waals surface area contributed by atoms with Gasteiger partial charge in [-0.2, -0.15) is 0 Å². The van der Waals surface area contributed by atoms with E-state index in [2.05, 4.69) is 21.7 Å². The Morgan fingerprint density at radius 1 is 1.26 bits per heavy atom. The molecule has 0 saturated carbocycles. The van der Waals surface area contributed by atoms with E-state index < -0.39 is 0 Å². The second-order valence-electron chi connectivity index (χ2n) is 5.67. The van der Waals surface area contributed by atoms with Crippen LogP contribution in [0.25, 0.3) is 0 Å². The molecule has 0 bridgehead atoms. The van der Waals surface area contributed by atoms with Crippen LogP contribution in [0.1, 0.15) is 24.8 Å². The number of anilines is 1. The van der Waals surface area contributed by atoms with Gasteiger partial charge in [0.05, 0.1) is 6.04 Å². The first-order chi connectivity index (χ1) is 11.3. The molecule has 3 rings (SSSR count). The fourth-order valence-electron chi connectivity index (χ4n) is 2.59. The normalized spacial score (nSPS) is 17.7. The smallest absolute Gasteiger partial charge is 0.241 e. The van der Waals surface area contributed by atoms with Crippen LogP contribution in [-0.4, -0.2) is 23.5 Å². The number of hydrogen-bond acceptors (Lipinski definition) is 4. The molecule has 1 aromatic carbocycles. The van der Waals surface area contributed by atoms with Crippen LogP contribution in [0.4, 0.5) is 5.69 Å². The van der Waals surface area contributed by atoms with Crippen molar-refractivity contribution in [1.29, 1.82) is 0 Å². The van der Waals surface area contributed by atoms with E-state index in [9.17, 15) is 4.79 Å². The highest BCUT2D eigenvalue weighted by Crippen LogP contribution is 2.24. The van der Waals surface area contributed by atoms with E-state index in [1.54, 1.807) is 18.0 Å². The van der Waals surface area contributed by atoms with Gasteiger partial charge in [-0.05, 0) is 55.3 Å². The zero-order valence-corrected chi connectivity index (χ0v) is 13.8. The lowest BCUT2D eigenvalue weighted by Gasteiger charge is -2.22. The van der Waals surface area contributed by atoms with Crippen molar-refractivity contribution >= 4 is 23.4 Å². The Balaban J connectivity index is 1.51. The van der Waals surface area contributed by atoms with E-state index in [1.807, 2.05) is 36.5 Å². The third-order valence-electron chi connectivity index (χ3n) is 3.88. The molecule has 1 saturated heterocycles. The molecule has 0 radical (unpaired) electrons. The summed E-state index contributed by atoms with van der Waals surface area (Å²) >= 11 is 1.76. The van der Waals surface area contributed by atoms with Gasteiger partial charge in [-0.3, -0.25) is 9.78 Å². The van der Waals surface area contributed by atoms with E-state index >= 15 is 0 Å². The first-order valence-corrected chi connectivity index (χ1v) is 8.96. The number of carbonyl (C=O) groups excluding carboxylic acids is 1. The van der Waals surface area contributed by atoms with Crippen molar-refractivity contribution in [1.82, 2.24) is 10.3 Å². The van der Waals surface area contributed by atoms with Gasteiger partial charge < -0.3 is 10.6 Å². The molecule has 23 heavy (non-hydrogen) atoms. The Bertz CT molecular complexity index is 624. The Labute approximate surface area is 141 Å². The zero-order valence-electron chi connectivity index (χ0n) is 13.0. The summed E-state index contributed by atoms with van der Waals surface area (Å²) in [5, 5.41) is 6.26. The highest BCUT2D eigenvalue weighted by atomic mass is 32.2. The number of nitrogens with one attached hydrogen (secondary N) is 2. The number of piperidine rings is 1. The molecule has 1 amide bonds. The minimum Gasteiger partial charge on any atom is -0.325 e. The van der Waals surface area contributed by atoms with Gasteiger partial charge in [0.25, 0.3) is 0 Å². The van der Waals surface area contributed by atoms with E-state index in [-0.39, 0.29) is 11.9 Å². The second-order valence-corrected chi connectivity index (χ2v) is 6.71. The Morgan fingerprint density at radius 2 is 2.13 bits per heavy atom. The van der Waals surface area contributed by atoms with Crippen molar-refractivity contribution in [3.63, 3.8) is 0 Å². The van der Waals surface area contributed by atoms with Crippen LogP contribution < -0.4 is 10.6 Å². The van der Waals surface area contributed by atoms with Gasteiger partial charge in [-0.15, -0.1) is 11.8 Å². The predicted molar refractivity (Wildman–Crippen MR) is 94.5 cm³/mol. The molecule has 5 heteroatoms. The predicted octanol–water partition coefficient (Wildman–Crippen LogP) is 3.45. The number of rotatable bonds is 5. The molecule has 0 spiro atoms. The van der Waals surface area contributed by atoms with Gasteiger partial charge in [0.2, 0.25) is 5.91 Å². The number of nitrogens with zero attached hydrogens (tertiary/aromatic N) is 1. The number of amides is 1. The molecule has 120 valence electrons. The maximum absolute atomic E-state index is 12.2. The van der Waals surface area contributed by atoms with Crippen molar-refractivity contribution in [2.75, 3.05) is 11.9 Å². The van der Waals surface area contributed by atoms with Gasteiger partial charge in [0, 0.05) is 28.7 Å². The monoisotopic (exact) mass is 327 g/mol. The van der Waals surface area contributed by atoms with Crippen LogP contribution in [0.3, 0.4) is 0 Å². The summed E-state index contributed by atoms with van der Waals surface area (Å²) in [7, 11) is 0. The molecule has 1 atom stereocenters. The Morgan fingerprint density at radius 3 is 2.83 bits per heavy atom. The minimum atomic E-state index is -0.0524. The fourth-order valence-corrected chi connectivity index (χ4v) is 3.42. The largest absolute Gasteiger partial charge is 0.325 e. The lowest BCUT2D eigenvalue weighted by molar-refractivity contribution is -0.118. The number of hydrogen-bond donors (Lipinski definition) is 2. The molecule has 2 aromatic rings. The van der Waals surface area contributed by atoms with Crippen molar-refractivity contribution in [3.8, 4) is 0 Å². The van der Waals surface area contributed by atoms with Gasteiger partial charge in [0.15, 0.2) is 0 Å². The highest BCUT2D eigenvalue weighted by Gasteiger charge is 2.20. The number of pyridine rings is 1. The lowest BCUT2D eigenvalue weighted by Crippen LogP contribution is -2.43. The molecule has 1 aromatic heterocycles. The first-order valence-electron chi connectivity index (χ1n) is 7.97. The maximum atomic E-state index is 12.2. The molecule has 1 aliphatic heterocycles. The summed E-state index contributed by atoms with van der Waals surface area (Å²) in [6, 6.07) is 12.0. The van der Waals surface area contributed by atoms with Gasteiger partial charge >= 0.3 is 0 Å². The number of thioether (sulfide) groups is 1. The fraction of sp³-hybridized carbons (Fsp3) is 0.333. The molecule has 4 nitrogen and oxygen atoms in total. The SMILES string of the molecule is O=C(Nc1ccc(SCc2cccnc2)cc1)[C@@H]1CCCCN1. The summed E-state index contributed by atoms with van der Waals surface area (Å²) in [6.07, 6.45) is 6.87. The molecule has 1 fully saturated rings. The van der Waals surface area contributed by atoms with E-state index in [0.29, 0.717) is 0 Å². The molecule has 0 unspecified atom stereocenters. The van der Waals surface area contributed by atoms with Crippen LogP contribution >= 0.6 is 11.8 Å². The Hall–Kier alpha value is -1.85. The minimum absolute atomic E-state index is 0.0524. The Kier molecular flexibility index (Phi) is 5.66. The topological polar surface area (TPSA) is 54.0 Å². The molecule has 2 N–H and O–H groups in total. The van der Waals surface area contributed by atoms with Crippen LogP contribution in [0.2, 0.25) is 0 Å². The summed E-state index contributed by atoms with van der Waals surface area (Å²) in [4.78, 5) is 17.5. The van der Waals surface area contributed by atoms with Crippen LogP contribution in [0.15, 0.2) is 53.7 Å². The van der Waals surface area contributed by atoms with E-state index in [0.717, 1.165) is 37.2 Å². The quantitative estimate of drug-likeness (QED) is 0.826. The number of benzene rings is 1. The van der Waals surface area contributed by atoms with Gasteiger partial charge in [0.1, 0.15) is 0 Å². The second kappa shape index (κ2) is 8.13. The van der Waals surface area contributed by atoms with Crippen molar-refractivity contribution in [2.45, 2.75) is 36.0 Å². The first kappa shape index (κ1) is 16.0. The average Bonchev–Trinajstić information content (AvgIpc) is 2.63. The van der Waals surface area contributed by atoms with Crippen LogP contribution in [0.5, 0.6) is 0 Å². The van der Waals surface area contributed by atoms with Gasteiger partial charge in [-0.25, -0.2) is 0 Å². The van der Waals surface area contributed by atoms with E-state index in [4.69, 9.17) is 0 Å². The van der Waals surface area contributed by atoms with Crippen molar-refractivity contribution < 1.29 is 4.79 Å². The standard InChI is InChI=1S/C18H21N3OS/c22-18(17-5-1-2-11-20-17)21-15-6-8-16(9-7-15)23-13-14-4-3-10-19-12-14/h3-4,6-10,12,17,20H,1-2,5,11,13H2,(H,21,22)/t17-/m0/s1. The summed E-state index contributed by atoms with van der Waals surface area (Å²) in [6.45, 7) is 0.933. The third kappa shape index (κ3) is 4.81. The lowest BCUT2D eigenvalue weighted by atomic mass is 10.0. The zero-order chi connectivity index (χ0) is 15.9. The van der Waals surface area contributed by atoms with Gasteiger partial charge in [-0.1, -0.05) is 12.5 Å². The summed E-state index contributed by atoms with van der Waals surface area (Å²) < 4.78 is 0. The number of carbonyl (C=O) groups is 1. The summed E-state index contributed by atoms with van der Waals surface area (Å²) in [5.41, 5.74) is 2.06. The molecule has 1 aliphatic rings. The molecular weight excluding hydrogens is 306 g/mol. The van der Waals surface area contributed by atoms with Crippen molar-refractivity contribution in [3.05, 3.63) is 54.4 Å². The molecule has 0 aliphatic carbocycles. The maximum Gasteiger partial charge on any atom is 0.241 e. The van der Waals surface area contributed by atoms with Crippen LogP contribution in [0, 0.1) is 0 Å².